The van der Waals surface area contributed by atoms with E-state index in [0.717, 1.165) is 11.3 Å². The first kappa shape index (κ1) is 22.4. The van der Waals surface area contributed by atoms with Gasteiger partial charge < -0.3 is 14.7 Å². The predicted octanol–water partition coefficient (Wildman–Crippen LogP) is 1.57. The Kier molecular flexibility index (Phi) is 6.58. The number of aromatic nitrogens is 1. The average Bonchev–Trinajstić information content (AvgIpc) is 3.47. The molecule has 2 aliphatic rings. The Morgan fingerprint density at radius 1 is 1.12 bits per heavy atom. The molecule has 0 aromatic carbocycles. The fourth-order valence-corrected chi connectivity index (χ4v) is 5.18. The van der Waals surface area contributed by atoms with E-state index in [0.29, 0.717) is 44.1 Å². The number of hydrogen-bond donors (Lipinski definition) is 0. The topological polar surface area (TPSA) is 103 Å². The van der Waals surface area contributed by atoms with Crippen molar-refractivity contribution >= 4 is 51.8 Å². The first-order chi connectivity index (χ1) is 15.3. The number of likely N-dealkylation sites (N-methyl/N-ethyl adjacent to an activating group) is 1. The molecule has 1 aliphatic carbocycles. The van der Waals surface area contributed by atoms with Crippen molar-refractivity contribution in [1.29, 1.82) is 0 Å². The van der Waals surface area contributed by atoms with Crippen LogP contribution < -0.4 is 0 Å². The van der Waals surface area contributed by atoms with Crippen LogP contribution >= 0.6 is 22.7 Å². The molecule has 168 valence electrons. The van der Waals surface area contributed by atoms with Crippen LogP contribution in [-0.2, 0) is 0 Å². The number of carbonyl (C=O) groups excluding carboxylic acids is 4. The van der Waals surface area contributed by atoms with Crippen LogP contribution in [0.1, 0.15) is 46.1 Å². The fraction of sp³-hybridized carbons (Fsp3) is 0.429. The Bertz CT molecular complexity index is 1080. The summed E-state index contributed by atoms with van der Waals surface area (Å²) >= 11 is 2.36. The van der Waals surface area contributed by atoms with Crippen molar-refractivity contribution in [2.75, 3.05) is 53.4 Å². The number of amides is 2. The van der Waals surface area contributed by atoms with Crippen LogP contribution in [-0.4, -0.2) is 102 Å². The van der Waals surface area contributed by atoms with Gasteiger partial charge in [-0.15, -0.1) is 22.7 Å². The smallest absolute Gasteiger partial charge is 0.282 e. The lowest BCUT2D eigenvalue weighted by Crippen LogP contribution is -2.50. The van der Waals surface area contributed by atoms with Gasteiger partial charge >= 0.3 is 0 Å². The minimum atomic E-state index is -0.375. The lowest BCUT2D eigenvalue weighted by atomic mass is 9.98. The molecule has 4 rings (SSSR count). The van der Waals surface area contributed by atoms with Gasteiger partial charge in [-0.3, -0.25) is 24.2 Å². The van der Waals surface area contributed by atoms with Gasteiger partial charge in [0.05, 0.1) is 23.6 Å². The van der Waals surface area contributed by atoms with Crippen LogP contribution in [0.2, 0.25) is 0 Å². The molecule has 2 aromatic heterocycles. The Morgan fingerprint density at radius 3 is 2.44 bits per heavy atom. The number of ketones is 2. The minimum absolute atomic E-state index is 0.0321. The SMILES string of the molecule is CN(C)CCN=C1CC(=O)c2sc(C(=O)N3CCN(C(=O)c4cccs4)CC3)nc2C1=O. The quantitative estimate of drug-likeness (QED) is 0.653. The first-order valence-corrected chi connectivity index (χ1v) is 11.9. The van der Waals surface area contributed by atoms with E-state index in [-0.39, 0.29) is 51.1 Å². The number of hydrogen-bond acceptors (Lipinski definition) is 9. The Balaban J connectivity index is 1.43. The minimum Gasteiger partial charge on any atom is -0.334 e. The van der Waals surface area contributed by atoms with Gasteiger partial charge in [0, 0.05) is 32.7 Å². The monoisotopic (exact) mass is 473 g/mol. The van der Waals surface area contributed by atoms with Crippen molar-refractivity contribution in [3.8, 4) is 0 Å². The summed E-state index contributed by atoms with van der Waals surface area (Å²) in [5, 5.41) is 1.99. The molecule has 0 bridgehead atoms. The summed E-state index contributed by atoms with van der Waals surface area (Å²) in [6, 6.07) is 3.62. The summed E-state index contributed by atoms with van der Waals surface area (Å²) in [7, 11) is 3.81. The molecule has 0 unspecified atom stereocenters. The number of fused-ring (bicyclic) bond motifs is 1. The highest BCUT2D eigenvalue weighted by atomic mass is 32.1. The number of piperazine rings is 1. The van der Waals surface area contributed by atoms with Gasteiger partial charge in [0.15, 0.2) is 10.8 Å². The molecule has 2 aromatic rings. The van der Waals surface area contributed by atoms with E-state index >= 15 is 0 Å². The zero-order chi connectivity index (χ0) is 22.8. The molecule has 1 fully saturated rings. The van der Waals surface area contributed by atoms with Crippen molar-refractivity contribution < 1.29 is 19.2 Å². The van der Waals surface area contributed by atoms with Crippen molar-refractivity contribution in [3.05, 3.63) is 38.0 Å². The maximum atomic E-state index is 13.0. The summed E-state index contributed by atoms with van der Waals surface area (Å²) in [4.78, 5) is 65.5. The Labute approximate surface area is 193 Å². The van der Waals surface area contributed by atoms with E-state index in [2.05, 4.69) is 9.98 Å². The molecular formula is C21H23N5O4S2. The molecule has 0 atom stereocenters. The van der Waals surface area contributed by atoms with Crippen LogP contribution in [0.5, 0.6) is 0 Å². The number of carbonyl (C=O) groups is 4. The van der Waals surface area contributed by atoms with Gasteiger partial charge in [0.1, 0.15) is 10.6 Å². The van der Waals surface area contributed by atoms with Gasteiger partial charge in [0.25, 0.3) is 11.8 Å². The van der Waals surface area contributed by atoms with Crippen LogP contribution in [0.25, 0.3) is 0 Å². The van der Waals surface area contributed by atoms with Gasteiger partial charge in [0.2, 0.25) is 5.78 Å². The molecule has 0 spiro atoms. The lowest BCUT2D eigenvalue weighted by molar-refractivity contribution is 0.0538. The third kappa shape index (κ3) is 4.54. The molecule has 0 saturated carbocycles. The van der Waals surface area contributed by atoms with Gasteiger partial charge in [-0.05, 0) is 25.5 Å². The molecule has 32 heavy (non-hydrogen) atoms. The fourth-order valence-electron chi connectivity index (χ4n) is 3.52. The van der Waals surface area contributed by atoms with E-state index in [1.54, 1.807) is 15.9 Å². The Morgan fingerprint density at radius 2 is 1.81 bits per heavy atom. The molecule has 1 saturated heterocycles. The summed E-state index contributed by atoms with van der Waals surface area (Å²) < 4.78 is 0. The van der Waals surface area contributed by atoms with E-state index in [9.17, 15) is 19.2 Å². The Hall–Kier alpha value is -2.76. The standard InChI is InChI=1S/C21H23N5O4S2/c1-24(2)6-5-22-13-12-14(27)18-16(17(13)28)23-19(32-18)21(30)26-9-7-25(8-10-26)20(29)15-4-3-11-31-15/h3-4,11H,5-10,12H2,1-2H3. The van der Waals surface area contributed by atoms with Crippen molar-refractivity contribution in [2.24, 2.45) is 4.99 Å². The van der Waals surface area contributed by atoms with E-state index < -0.39 is 0 Å². The van der Waals surface area contributed by atoms with Crippen LogP contribution in [0.3, 0.4) is 0 Å². The van der Waals surface area contributed by atoms with Crippen LogP contribution in [0.4, 0.5) is 0 Å². The van der Waals surface area contributed by atoms with Crippen molar-refractivity contribution in [3.63, 3.8) is 0 Å². The normalized spacial score (nSPS) is 17.9. The second-order valence-corrected chi connectivity index (χ2v) is 9.77. The number of Topliss-reactive ketones (excluding diaryl/α,β-unsaturated/α-hetero) is 2. The molecule has 9 nitrogen and oxygen atoms in total. The highest BCUT2D eigenvalue weighted by Gasteiger charge is 2.36. The highest BCUT2D eigenvalue weighted by molar-refractivity contribution is 7.16. The number of nitrogens with zero attached hydrogens (tertiary/aromatic N) is 5. The number of rotatable bonds is 5. The summed E-state index contributed by atoms with van der Waals surface area (Å²) in [6.07, 6.45) is -0.0570. The largest absolute Gasteiger partial charge is 0.334 e. The zero-order valence-electron chi connectivity index (χ0n) is 17.9. The molecule has 1 aliphatic heterocycles. The lowest BCUT2D eigenvalue weighted by Gasteiger charge is -2.34. The van der Waals surface area contributed by atoms with E-state index in [1.165, 1.54) is 11.3 Å². The van der Waals surface area contributed by atoms with Gasteiger partial charge in [-0.2, -0.15) is 0 Å². The second-order valence-electron chi connectivity index (χ2n) is 7.82. The number of thiazole rings is 1. The summed E-state index contributed by atoms with van der Waals surface area (Å²) in [6.45, 7) is 2.68. The third-order valence-electron chi connectivity index (χ3n) is 5.30. The zero-order valence-corrected chi connectivity index (χ0v) is 19.5. The summed E-state index contributed by atoms with van der Waals surface area (Å²) in [5.41, 5.74) is 0.235. The van der Waals surface area contributed by atoms with Gasteiger partial charge in [-0.25, -0.2) is 4.98 Å². The summed E-state index contributed by atoms with van der Waals surface area (Å²) in [5.74, 6) is -0.959. The van der Waals surface area contributed by atoms with Crippen molar-refractivity contribution in [2.45, 2.75) is 6.42 Å². The second kappa shape index (κ2) is 9.39. The molecule has 0 N–H and O–H groups in total. The average molecular weight is 474 g/mol. The first-order valence-electron chi connectivity index (χ1n) is 10.2. The predicted molar refractivity (Wildman–Crippen MR) is 122 cm³/mol. The van der Waals surface area contributed by atoms with Crippen LogP contribution in [0.15, 0.2) is 22.5 Å². The maximum Gasteiger partial charge on any atom is 0.282 e. The van der Waals surface area contributed by atoms with Crippen LogP contribution in [0, 0.1) is 0 Å². The molecule has 11 heteroatoms. The maximum absolute atomic E-state index is 13.0. The van der Waals surface area contributed by atoms with Crippen molar-refractivity contribution in [1.82, 2.24) is 19.7 Å². The molecule has 0 radical (unpaired) electrons. The molecular weight excluding hydrogens is 450 g/mol. The molecule has 3 heterocycles. The highest BCUT2D eigenvalue weighted by Crippen LogP contribution is 2.27. The number of thiophene rings is 1. The third-order valence-corrected chi connectivity index (χ3v) is 7.25. The number of aliphatic imine (C=N–C) groups is 1. The van der Waals surface area contributed by atoms with E-state index in [4.69, 9.17) is 0 Å². The molecule has 2 amide bonds. The van der Waals surface area contributed by atoms with Gasteiger partial charge in [-0.1, -0.05) is 6.07 Å². The van der Waals surface area contributed by atoms with E-state index in [1.807, 2.05) is 30.4 Å².